The number of para-hydroxylation sites is 1. The summed E-state index contributed by atoms with van der Waals surface area (Å²) in [5, 5.41) is 9.09. The van der Waals surface area contributed by atoms with Gasteiger partial charge < -0.3 is 14.7 Å². The van der Waals surface area contributed by atoms with Crippen molar-refractivity contribution in [3.63, 3.8) is 0 Å². The number of hydrogen-bond acceptors (Lipinski definition) is 6. The number of anilines is 2. The van der Waals surface area contributed by atoms with Gasteiger partial charge in [0.25, 0.3) is 0 Å². The first-order chi connectivity index (χ1) is 16.2. The third kappa shape index (κ3) is 6.08. The normalized spacial score (nSPS) is 16.5. The number of carboxylic acids is 1. The fourth-order valence-electron chi connectivity index (χ4n) is 4.72. The van der Waals surface area contributed by atoms with Gasteiger partial charge in [-0.25, -0.2) is 13.2 Å². The number of ether oxygens (including phenoxy) is 1. The molecule has 8 heteroatoms. The van der Waals surface area contributed by atoms with E-state index in [-0.39, 0.29) is 16.1 Å². The summed E-state index contributed by atoms with van der Waals surface area (Å²) in [6.45, 7) is 4.37. The molecule has 0 bridgehead atoms. The highest BCUT2D eigenvalue weighted by atomic mass is 32.2. The highest BCUT2D eigenvalue weighted by Crippen LogP contribution is 2.47. The van der Waals surface area contributed by atoms with E-state index in [2.05, 4.69) is 18.7 Å². The lowest BCUT2D eigenvalue weighted by atomic mass is 9.79. The number of sulfone groups is 1. The number of benzene rings is 2. The van der Waals surface area contributed by atoms with Crippen molar-refractivity contribution in [2.24, 2.45) is 5.41 Å². The number of carbonyl (C=O) groups is 1. The largest absolute Gasteiger partial charge is 0.481 e. The lowest BCUT2D eigenvalue weighted by molar-refractivity contribution is -0.139. The number of unbranched alkanes of at least 4 members (excludes halogenated alkanes) is 2. The summed E-state index contributed by atoms with van der Waals surface area (Å²) in [6.07, 6.45) is 7.53. The molecular formula is C26H35NO5S2. The van der Waals surface area contributed by atoms with E-state index in [9.17, 15) is 13.2 Å². The molecule has 1 aliphatic heterocycles. The number of nitrogens with zero attached hydrogens (tertiary/aromatic N) is 1. The zero-order chi connectivity index (χ0) is 24.8. The molecule has 0 atom stereocenters. The van der Waals surface area contributed by atoms with Gasteiger partial charge in [-0.15, -0.1) is 11.8 Å². The van der Waals surface area contributed by atoms with Crippen molar-refractivity contribution in [1.82, 2.24) is 0 Å². The predicted molar refractivity (Wildman–Crippen MR) is 138 cm³/mol. The Bertz CT molecular complexity index is 1080. The Labute approximate surface area is 207 Å². The van der Waals surface area contributed by atoms with Crippen molar-refractivity contribution in [2.75, 3.05) is 30.1 Å². The summed E-state index contributed by atoms with van der Waals surface area (Å²) in [5.41, 5.74) is 1.21. The van der Waals surface area contributed by atoms with E-state index in [0.29, 0.717) is 22.9 Å². The monoisotopic (exact) mass is 505 g/mol. The van der Waals surface area contributed by atoms with Crippen LogP contribution in [0.5, 0.6) is 5.75 Å². The molecule has 34 heavy (non-hydrogen) atoms. The minimum atomic E-state index is -3.65. The van der Waals surface area contributed by atoms with Crippen molar-refractivity contribution >= 4 is 38.9 Å². The topological polar surface area (TPSA) is 83.9 Å². The smallest absolute Gasteiger partial charge is 0.341 e. The van der Waals surface area contributed by atoms with Gasteiger partial charge in [0.1, 0.15) is 5.75 Å². The van der Waals surface area contributed by atoms with Gasteiger partial charge in [-0.05, 0) is 37.3 Å². The van der Waals surface area contributed by atoms with E-state index < -0.39 is 22.4 Å². The molecule has 0 radical (unpaired) electrons. The van der Waals surface area contributed by atoms with Gasteiger partial charge in [-0.3, -0.25) is 0 Å². The maximum atomic E-state index is 13.9. The van der Waals surface area contributed by atoms with Crippen molar-refractivity contribution in [2.45, 2.75) is 62.2 Å². The molecule has 0 amide bonds. The molecule has 0 aliphatic carbocycles. The first-order valence-corrected chi connectivity index (χ1v) is 14.7. The summed E-state index contributed by atoms with van der Waals surface area (Å²) in [5.74, 6) is -0.735. The van der Waals surface area contributed by atoms with E-state index in [1.165, 1.54) is 17.8 Å². The number of rotatable bonds is 11. The lowest BCUT2D eigenvalue weighted by Gasteiger charge is -2.37. The third-order valence-electron chi connectivity index (χ3n) is 6.40. The van der Waals surface area contributed by atoms with E-state index in [1.807, 2.05) is 42.7 Å². The Balaban J connectivity index is 2.23. The second-order valence-corrected chi connectivity index (χ2v) is 11.8. The molecule has 0 saturated carbocycles. The molecule has 0 saturated heterocycles. The molecule has 2 aromatic carbocycles. The molecule has 2 aromatic rings. The molecule has 6 nitrogen and oxygen atoms in total. The van der Waals surface area contributed by atoms with Crippen LogP contribution in [-0.2, 0) is 14.6 Å². The molecular weight excluding hydrogens is 470 g/mol. The van der Waals surface area contributed by atoms with Crippen molar-refractivity contribution in [1.29, 1.82) is 0 Å². The molecule has 1 N–H and O–H groups in total. The van der Waals surface area contributed by atoms with Crippen LogP contribution in [0, 0.1) is 5.41 Å². The second kappa shape index (κ2) is 11.5. The Hall–Kier alpha value is -2.19. The summed E-state index contributed by atoms with van der Waals surface area (Å²) in [6, 6.07) is 13.3. The maximum Gasteiger partial charge on any atom is 0.341 e. The number of carboxylic acid groups (broad SMARTS) is 1. The van der Waals surface area contributed by atoms with Crippen LogP contribution >= 0.6 is 11.8 Å². The van der Waals surface area contributed by atoms with Crippen molar-refractivity contribution < 1.29 is 23.1 Å². The summed E-state index contributed by atoms with van der Waals surface area (Å²) in [7, 11) is -3.65. The lowest BCUT2D eigenvalue weighted by Crippen LogP contribution is -2.38. The minimum Gasteiger partial charge on any atom is -0.481 e. The average molecular weight is 506 g/mol. The van der Waals surface area contributed by atoms with Crippen LogP contribution in [-0.4, -0.2) is 44.7 Å². The third-order valence-corrected chi connectivity index (χ3v) is 9.15. The Kier molecular flexibility index (Phi) is 8.93. The number of hydrogen-bond donors (Lipinski definition) is 1. The summed E-state index contributed by atoms with van der Waals surface area (Å²) < 4.78 is 33.3. The highest BCUT2D eigenvalue weighted by Gasteiger charge is 2.42. The van der Waals surface area contributed by atoms with Crippen LogP contribution in [0.15, 0.2) is 52.3 Å². The van der Waals surface area contributed by atoms with Crippen LogP contribution < -0.4 is 9.64 Å². The van der Waals surface area contributed by atoms with E-state index in [0.717, 1.165) is 44.2 Å². The van der Waals surface area contributed by atoms with Gasteiger partial charge in [0, 0.05) is 23.7 Å². The molecule has 0 aromatic heterocycles. The molecule has 0 unspecified atom stereocenters. The van der Waals surface area contributed by atoms with Crippen LogP contribution in [0.25, 0.3) is 0 Å². The molecule has 186 valence electrons. The fraction of sp³-hybridized carbons (Fsp3) is 0.500. The first kappa shape index (κ1) is 26.4. The number of fused-ring (bicyclic) bond motifs is 1. The maximum absolute atomic E-state index is 13.9. The van der Waals surface area contributed by atoms with Crippen molar-refractivity contribution in [3.8, 4) is 5.75 Å². The SMILES string of the molecule is CCCCC1(CCCC)CN(c2ccccc2)c2cc(SC)c(OCC(=O)O)cc2S(=O)(=O)C1. The Morgan fingerprint density at radius 3 is 2.32 bits per heavy atom. The van der Waals surface area contributed by atoms with Gasteiger partial charge in [-0.1, -0.05) is 57.7 Å². The van der Waals surface area contributed by atoms with E-state index in [4.69, 9.17) is 9.84 Å². The molecule has 0 spiro atoms. The number of aliphatic carboxylic acids is 1. The molecule has 1 heterocycles. The summed E-state index contributed by atoms with van der Waals surface area (Å²) >= 11 is 1.41. The quantitative estimate of drug-likeness (QED) is 0.366. The standard InChI is InChI=1S/C26H35NO5S2/c1-4-6-13-26(14-7-5-2)18-27(20-11-9-8-10-12-20)21-15-23(33-3)22(32-17-25(28)29)16-24(21)34(30,31)19-26/h8-12,15-16H,4-7,13-14,17-19H2,1-3H3,(H,28,29). The first-order valence-electron chi connectivity index (χ1n) is 11.9. The fourth-order valence-corrected chi connectivity index (χ4v) is 7.38. The van der Waals surface area contributed by atoms with E-state index in [1.54, 1.807) is 0 Å². The molecule has 0 fully saturated rings. The van der Waals surface area contributed by atoms with Gasteiger partial charge in [-0.2, -0.15) is 0 Å². The van der Waals surface area contributed by atoms with Crippen LogP contribution in [0.1, 0.15) is 52.4 Å². The summed E-state index contributed by atoms with van der Waals surface area (Å²) in [4.78, 5) is 14.2. The Morgan fingerprint density at radius 2 is 1.76 bits per heavy atom. The van der Waals surface area contributed by atoms with Gasteiger partial charge in [0.2, 0.25) is 0 Å². The molecule has 3 rings (SSSR count). The Morgan fingerprint density at radius 1 is 1.12 bits per heavy atom. The van der Waals surface area contributed by atoms with Gasteiger partial charge in [0.05, 0.1) is 21.2 Å². The van der Waals surface area contributed by atoms with Crippen LogP contribution in [0.3, 0.4) is 0 Å². The zero-order valence-corrected chi connectivity index (χ0v) is 21.9. The second-order valence-electron chi connectivity index (χ2n) is 9.04. The zero-order valence-electron chi connectivity index (χ0n) is 20.2. The molecule has 1 aliphatic rings. The van der Waals surface area contributed by atoms with Gasteiger partial charge >= 0.3 is 5.97 Å². The van der Waals surface area contributed by atoms with Crippen LogP contribution in [0.2, 0.25) is 0 Å². The minimum absolute atomic E-state index is 0.0767. The van der Waals surface area contributed by atoms with Gasteiger partial charge in [0.15, 0.2) is 16.4 Å². The van der Waals surface area contributed by atoms with Crippen molar-refractivity contribution in [3.05, 3.63) is 42.5 Å². The highest BCUT2D eigenvalue weighted by molar-refractivity contribution is 7.98. The predicted octanol–water partition coefficient (Wildman–Crippen LogP) is 6.16. The van der Waals surface area contributed by atoms with Crippen LogP contribution in [0.4, 0.5) is 11.4 Å². The number of thioether (sulfide) groups is 1. The van der Waals surface area contributed by atoms with E-state index >= 15 is 0 Å². The average Bonchev–Trinajstić information content (AvgIpc) is 2.92.